The lowest BCUT2D eigenvalue weighted by Crippen LogP contribution is -2.31. The van der Waals surface area contributed by atoms with Crippen molar-refractivity contribution in [2.75, 3.05) is 6.54 Å². The highest BCUT2D eigenvalue weighted by Gasteiger charge is 2.25. The van der Waals surface area contributed by atoms with Gasteiger partial charge in [0.2, 0.25) is 0 Å². The molecule has 1 aromatic heterocycles. The van der Waals surface area contributed by atoms with Gasteiger partial charge in [-0.05, 0) is 51.6 Å². The second-order valence-corrected chi connectivity index (χ2v) is 7.35. The third kappa shape index (κ3) is 3.21. The average molecular weight is 323 g/mol. The summed E-state index contributed by atoms with van der Waals surface area (Å²) >= 11 is 4.20. The van der Waals surface area contributed by atoms with Crippen LogP contribution in [0.15, 0.2) is 11.4 Å². The lowest BCUT2D eigenvalue weighted by molar-refractivity contribution is 0.277. The number of hydrogen-bond acceptors (Lipinski definition) is 2. The van der Waals surface area contributed by atoms with Gasteiger partial charge in [-0.2, -0.15) is 0 Å². The van der Waals surface area contributed by atoms with Gasteiger partial charge in [-0.15, -0.1) is 11.3 Å². The summed E-state index contributed by atoms with van der Waals surface area (Å²) in [7, 11) is 0. The lowest BCUT2D eigenvalue weighted by atomic mass is 9.83. The van der Waals surface area contributed by atoms with E-state index in [2.05, 4.69) is 67.0 Å². The normalized spacial score (nSPS) is 14.4. The van der Waals surface area contributed by atoms with Crippen molar-refractivity contribution in [2.24, 2.45) is 5.41 Å². The van der Waals surface area contributed by atoms with E-state index in [0.29, 0.717) is 6.04 Å². The van der Waals surface area contributed by atoms with Crippen LogP contribution in [0.5, 0.6) is 0 Å². The van der Waals surface area contributed by atoms with Crippen LogP contribution in [0.25, 0.3) is 0 Å². The van der Waals surface area contributed by atoms with E-state index < -0.39 is 0 Å². The fraction of sp³-hybridized carbons (Fsp3) is 0.636. The smallest absolute Gasteiger partial charge is 0.0656 e. The van der Waals surface area contributed by atoms with Crippen molar-refractivity contribution in [2.45, 2.75) is 33.7 Å². The van der Waals surface area contributed by atoms with Crippen molar-refractivity contribution in [1.82, 2.24) is 5.32 Å². The molecule has 14 heavy (non-hydrogen) atoms. The molecule has 0 bridgehead atoms. The van der Waals surface area contributed by atoms with Crippen molar-refractivity contribution < 1.29 is 0 Å². The fourth-order valence-corrected chi connectivity index (χ4v) is 3.00. The Kier molecular flexibility index (Phi) is 4.40. The predicted octanol–water partition coefficient (Wildman–Crippen LogP) is 4.05. The number of halogens is 1. The van der Waals surface area contributed by atoms with E-state index in [0.717, 1.165) is 6.54 Å². The maximum atomic E-state index is 3.56. The van der Waals surface area contributed by atoms with Gasteiger partial charge in [0.15, 0.2) is 0 Å². The molecule has 1 unspecified atom stereocenters. The third-order valence-electron chi connectivity index (χ3n) is 2.20. The first-order valence-corrected chi connectivity index (χ1v) is 6.88. The number of rotatable bonds is 3. The zero-order chi connectivity index (χ0) is 10.8. The van der Waals surface area contributed by atoms with Crippen LogP contribution in [0.1, 0.15) is 39.3 Å². The summed E-state index contributed by atoms with van der Waals surface area (Å²) in [6.07, 6.45) is 0. The minimum Gasteiger partial charge on any atom is -0.310 e. The Labute approximate surface area is 104 Å². The van der Waals surface area contributed by atoms with Crippen LogP contribution in [0, 0.1) is 8.30 Å². The van der Waals surface area contributed by atoms with E-state index in [9.17, 15) is 0 Å². The summed E-state index contributed by atoms with van der Waals surface area (Å²) in [4.78, 5) is 0. The van der Waals surface area contributed by atoms with E-state index >= 15 is 0 Å². The molecule has 1 N–H and O–H groups in total. The Morgan fingerprint density at radius 2 is 2.14 bits per heavy atom. The predicted molar refractivity (Wildman–Crippen MR) is 72.9 cm³/mol. The van der Waals surface area contributed by atoms with Gasteiger partial charge in [0.05, 0.1) is 2.88 Å². The zero-order valence-corrected chi connectivity index (χ0v) is 12.2. The molecule has 0 aliphatic rings. The van der Waals surface area contributed by atoms with Crippen LogP contribution < -0.4 is 5.32 Å². The molecule has 0 fully saturated rings. The van der Waals surface area contributed by atoms with Crippen LogP contribution in [0.3, 0.4) is 0 Å². The highest BCUT2D eigenvalue weighted by molar-refractivity contribution is 14.1. The molecular weight excluding hydrogens is 305 g/mol. The Morgan fingerprint density at radius 3 is 2.50 bits per heavy atom. The fourth-order valence-electron chi connectivity index (χ4n) is 1.60. The molecule has 1 heterocycles. The lowest BCUT2D eigenvalue weighted by Gasteiger charge is -2.31. The van der Waals surface area contributed by atoms with Crippen molar-refractivity contribution in [1.29, 1.82) is 0 Å². The minimum atomic E-state index is 0.278. The first kappa shape index (κ1) is 12.5. The van der Waals surface area contributed by atoms with Gasteiger partial charge in [-0.1, -0.05) is 27.7 Å². The maximum Gasteiger partial charge on any atom is 0.0656 e. The van der Waals surface area contributed by atoms with Crippen LogP contribution in [-0.4, -0.2) is 6.54 Å². The van der Waals surface area contributed by atoms with Crippen molar-refractivity contribution in [3.05, 3.63) is 19.9 Å². The number of nitrogens with one attached hydrogen (secondary N) is 1. The minimum absolute atomic E-state index is 0.278. The SMILES string of the molecule is CCNC(c1csc(I)c1)C(C)(C)C. The molecule has 0 aromatic carbocycles. The average Bonchev–Trinajstić information content (AvgIpc) is 2.45. The van der Waals surface area contributed by atoms with E-state index in [-0.39, 0.29) is 5.41 Å². The largest absolute Gasteiger partial charge is 0.310 e. The molecule has 1 rings (SSSR count). The van der Waals surface area contributed by atoms with Crippen molar-refractivity contribution in [3.8, 4) is 0 Å². The summed E-state index contributed by atoms with van der Waals surface area (Å²) in [6, 6.07) is 2.75. The summed E-state index contributed by atoms with van der Waals surface area (Å²) < 4.78 is 1.37. The topological polar surface area (TPSA) is 12.0 Å². The van der Waals surface area contributed by atoms with E-state index in [1.54, 1.807) is 0 Å². The second-order valence-electron chi connectivity index (χ2n) is 4.54. The van der Waals surface area contributed by atoms with Crippen LogP contribution >= 0.6 is 33.9 Å². The molecule has 3 heteroatoms. The molecule has 0 aliphatic heterocycles. The van der Waals surface area contributed by atoms with Gasteiger partial charge in [0.1, 0.15) is 0 Å². The molecule has 1 aromatic rings. The summed E-state index contributed by atoms with van der Waals surface area (Å²) in [6.45, 7) is 10.0. The molecule has 0 radical (unpaired) electrons. The quantitative estimate of drug-likeness (QED) is 0.828. The van der Waals surface area contributed by atoms with Gasteiger partial charge in [0.25, 0.3) is 0 Å². The van der Waals surface area contributed by atoms with Crippen molar-refractivity contribution >= 4 is 33.9 Å². The molecule has 0 aliphatic carbocycles. The molecule has 0 saturated carbocycles. The standard InChI is InChI=1S/C11H18INS/c1-5-13-10(11(2,3)4)8-6-9(12)14-7-8/h6-7,10,13H,5H2,1-4H3. The highest BCUT2D eigenvalue weighted by Crippen LogP contribution is 2.35. The number of hydrogen-bond donors (Lipinski definition) is 1. The van der Waals surface area contributed by atoms with Gasteiger partial charge in [-0.3, -0.25) is 0 Å². The van der Waals surface area contributed by atoms with E-state index in [1.807, 2.05) is 11.3 Å². The van der Waals surface area contributed by atoms with Gasteiger partial charge < -0.3 is 5.32 Å². The molecule has 0 spiro atoms. The molecule has 1 nitrogen and oxygen atoms in total. The summed E-state index contributed by atoms with van der Waals surface area (Å²) in [5, 5.41) is 5.82. The van der Waals surface area contributed by atoms with Crippen LogP contribution in [0.4, 0.5) is 0 Å². The second kappa shape index (κ2) is 4.94. The Balaban J connectivity index is 2.88. The van der Waals surface area contributed by atoms with Gasteiger partial charge >= 0.3 is 0 Å². The summed E-state index contributed by atoms with van der Waals surface area (Å²) in [5.74, 6) is 0. The first-order chi connectivity index (χ1) is 6.45. The maximum absolute atomic E-state index is 3.56. The first-order valence-electron chi connectivity index (χ1n) is 4.92. The van der Waals surface area contributed by atoms with Crippen LogP contribution in [-0.2, 0) is 0 Å². The Hall–Kier alpha value is 0.390. The van der Waals surface area contributed by atoms with Crippen molar-refractivity contribution in [3.63, 3.8) is 0 Å². The van der Waals surface area contributed by atoms with Crippen LogP contribution in [0.2, 0.25) is 0 Å². The van der Waals surface area contributed by atoms with Gasteiger partial charge in [-0.25, -0.2) is 0 Å². The Bertz CT molecular complexity index is 288. The van der Waals surface area contributed by atoms with E-state index in [4.69, 9.17) is 0 Å². The monoisotopic (exact) mass is 323 g/mol. The van der Waals surface area contributed by atoms with Gasteiger partial charge in [0, 0.05) is 6.04 Å². The number of thiophene rings is 1. The molecule has 0 amide bonds. The molecule has 1 atom stereocenters. The molecule has 80 valence electrons. The Morgan fingerprint density at radius 1 is 1.50 bits per heavy atom. The highest BCUT2D eigenvalue weighted by atomic mass is 127. The van der Waals surface area contributed by atoms with E-state index in [1.165, 1.54) is 8.45 Å². The molecular formula is C11H18INS. The third-order valence-corrected chi connectivity index (χ3v) is 4.00. The zero-order valence-electron chi connectivity index (χ0n) is 9.23. The summed E-state index contributed by atoms with van der Waals surface area (Å²) in [5.41, 5.74) is 1.70. The molecule has 0 saturated heterocycles.